The van der Waals surface area contributed by atoms with Crippen molar-refractivity contribution < 1.29 is 45.0 Å². The quantitative estimate of drug-likeness (QED) is 0.290. The molecular formula is C27H23ClF4N4O6S. The maximum atomic E-state index is 16.5. The molecule has 2 saturated heterocycles. The molecule has 2 aliphatic heterocycles. The van der Waals surface area contributed by atoms with E-state index in [1.54, 1.807) is 12.1 Å². The number of aromatic nitrogens is 3. The minimum Gasteiger partial charge on any atom is -0.480 e. The zero-order valence-corrected chi connectivity index (χ0v) is 23.9. The number of furan rings is 1. The first-order valence-electron chi connectivity index (χ1n) is 13.1. The van der Waals surface area contributed by atoms with E-state index in [-0.39, 0.29) is 63.7 Å². The molecule has 4 atom stereocenters. The summed E-state index contributed by atoms with van der Waals surface area (Å²) >= 11 is 6.12. The lowest BCUT2D eigenvalue weighted by molar-refractivity contribution is -0.144. The highest BCUT2D eigenvalue weighted by Crippen LogP contribution is 2.46. The van der Waals surface area contributed by atoms with E-state index in [2.05, 4.69) is 15.0 Å². The lowest BCUT2D eigenvalue weighted by Gasteiger charge is -2.36. The molecule has 16 heteroatoms. The van der Waals surface area contributed by atoms with Gasteiger partial charge in [0.15, 0.2) is 21.2 Å². The van der Waals surface area contributed by atoms with Gasteiger partial charge in [-0.1, -0.05) is 30.7 Å². The Morgan fingerprint density at radius 3 is 2.70 bits per heavy atom. The van der Waals surface area contributed by atoms with Crippen molar-refractivity contribution in [2.75, 3.05) is 23.0 Å². The van der Waals surface area contributed by atoms with Crippen LogP contribution in [0.25, 0.3) is 22.1 Å². The fourth-order valence-electron chi connectivity index (χ4n) is 5.77. The molecule has 2 aliphatic rings. The number of sulfone groups is 1. The average Bonchev–Trinajstić information content (AvgIpc) is 3.52. The standard InChI is InChI=1S/C27H23ClF4N4O6S/c1-13-12-43(39,40)7-6-26(13,29)17-8-14(28)10-33-23(17)41-15-9-18(24(37)38)36(11-15)22-21-20(34-25(35-22)27(30,31)32)16-4-2-3-5-19(16)42-21/h2-5,8,10,13,15,18H,6-7,9,11-12H2,1H3,(H,37,38)/t13-,15-,18-,26+/m0/s1. The van der Waals surface area contributed by atoms with Gasteiger partial charge in [0.2, 0.25) is 11.7 Å². The normalized spacial score (nSPS) is 25.8. The number of hydrogen-bond donors (Lipinski definition) is 1. The first-order valence-corrected chi connectivity index (χ1v) is 15.3. The number of nitrogens with zero attached hydrogens (tertiary/aromatic N) is 4. The summed E-state index contributed by atoms with van der Waals surface area (Å²) in [6.07, 6.45) is -5.34. The van der Waals surface area contributed by atoms with Crippen LogP contribution < -0.4 is 9.64 Å². The summed E-state index contributed by atoms with van der Waals surface area (Å²) in [6.45, 7) is 1.18. The van der Waals surface area contributed by atoms with Crippen LogP contribution in [0.15, 0.2) is 40.9 Å². The molecule has 0 radical (unpaired) electrons. The van der Waals surface area contributed by atoms with Crippen LogP contribution in [0.2, 0.25) is 5.02 Å². The molecule has 1 N–H and O–H groups in total. The Balaban J connectivity index is 1.40. The van der Waals surface area contributed by atoms with Gasteiger partial charge in [0.05, 0.1) is 28.6 Å². The van der Waals surface area contributed by atoms with Crippen molar-refractivity contribution in [3.05, 3.63) is 52.9 Å². The Labute approximate surface area is 246 Å². The largest absolute Gasteiger partial charge is 0.480 e. The molecule has 0 bridgehead atoms. The zero-order chi connectivity index (χ0) is 30.9. The van der Waals surface area contributed by atoms with Crippen LogP contribution in [-0.4, -0.2) is 64.6 Å². The fraction of sp³-hybridized carbons (Fsp3) is 0.407. The minimum absolute atomic E-state index is 0.0735. The fourth-order valence-corrected chi connectivity index (χ4v) is 7.73. The van der Waals surface area contributed by atoms with Gasteiger partial charge < -0.3 is 19.2 Å². The van der Waals surface area contributed by atoms with Crippen LogP contribution in [0.1, 0.15) is 31.2 Å². The number of para-hydroxylation sites is 1. The van der Waals surface area contributed by atoms with Gasteiger partial charge in [-0.2, -0.15) is 13.2 Å². The van der Waals surface area contributed by atoms with Crippen LogP contribution in [0.4, 0.5) is 23.4 Å². The van der Waals surface area contributed by atoms with Gasteiger partial charge in [-0.15, -0.1) is 0 Å². The van der Waals surface area contributed by atoms with Gasteiger partial charge in [-0.25, -0.2) is 32.6 Å². The van der Waals surface area contributed by atoms with Gasteiger partial charge >= 0.3 is 12.1 Å². The zero-order valence-electron chi connectivity index (χ0n) is 22.3. The Hall–Kier alpha value is -3.72. The van der Waals surface area contributed by atoms with Crippen molar-refractivity contribution in [3.8, 4) is 5.88 Å². The van der Waals surface area contributed by atoms with E-state index in [4.69, 9.17) is 20.8 Å². The van der Waals surface area contributed by atoms with Crippen LogP contribution in [0.3, 0.4) is 0 Å². The summed E-state index contributed by atoms with van der Waals surface area (Å²) in [5.74, 6) is -5.22. The summed E-state index contributed by atoms with van der Waals surface area (Å²) in [5.41, 5.74) is -2.29. The molecular weight excluding hydrogens is 620 g/mol. The smallest absolute Gasteiger partial charge is 0.451 e. The average molecular weight is 643 g/mol. The highest BCUT2D eigenvalue weighted by molar-refractivity contribution is 7.91. The van der Waals surface area contributed by atoms with Crippen molar-refractivity contribution in [3.63, 3.8) is 0 Å². The predicted octanol–water partition coefficient (Wildman–Crippen LogP) is 5.17. The number of anilines is 1. The Bertz CT molecular complexity index is 1870. The highest BCUT2D eigenvalue weighted by atomic mass is 35.5. The van der Waals surface area contributed by atoms with Gasteiger partial charge in [0, 0.05) is 30.3 Å². The molecule has 6 rings (SSSR count). The van der Waals surface area contributed by atoms with Gasteiger partial charge in [-0.05, 0) is 18.2 Å². The summed E-state index contributed by atoms with van der Waals surface area (Å²) in [6, 6.07) is 6.18. The molecule has 43 heavy (non-hydrogen) atoms. The number of alkyl halides is 4. The van der Waals surface area contributed by atoms with Crippen molar-refractivity contribution >= 4 is 55.3 Å². The molecule has 1 aromatic carbocycles. The molecule has 0 aliphatic carbocycles. The second kappa shape index (κ2) is 10.2. The van der Waals surface area contributed by atoms with Gasteiger partial charge in [0.25, 0.3) is 0 Å². The Morgan fingerprint density at radius 2 is 2.00 bits per heavy atom. The predicted molar refractivity (Wildman–Crippen MR) is 147 cm³/mol. The SMILES string of the molecule is C[C@H]1CS(=O)(=O)CC[C@]1(F)c1cc(Cl)cnc1O[C@H]1C[C@@H](C(=O)O)N(c2nc(C(F)(F)F)nc3c2oc2ccccc23)C1. The third kappa shape index (κ3) is 5.22. The van der Waals surface area contributed by atoms with Crippen molar-refractivity contribution in [2.45, 2.75) is 43.8 Å². The molecule has 10 nitrogen and oxygen atoms in total. The number of carboxylic acid groups (broad SMARTS) is 1. The minimum atomic E-state index is -4.95. The van der Waals surface area contributed by atoms with Gasteiger partial charge in [-0.3, -0.25) is 0 Å². The van der Waals surface area contributed by atoms with E-state index in [1.807, 2.05) is 0 Å². The van der Waals surface area contributed by atoms with Crippen LogP contribution >= 0.6 is 11.6 Å². The lowest BCUT2D eigenvalue weighted by atomic mass is 9.83. The monoisotopic (exact) mass is 642 g/mol. The number of halogens is 5. The number of carbonyl (C=O) groups is 1. The van der Waals surface area contributed by atoms with E-state index < -0.39 is 63.0 Å². The number of ether oxygens (including phenoxy) is 1. The van der Waals surface area contributed by atoms with E-state index in [1.165, 1.54) is 31.3 Å². The maximum Gasteiger partial charge on any atom is 0.451 e. The number of pyridine rings is 1. The van der Waals surface area contributed by atoms with E-state index in [0.29, 0.717) is 0 Å². The van der Waals surface area contributed by atoms with E-state index in [0.717, 1.165) is 4.90 Å². The van der Waals surface area contributed by atoms with Crippen LogP contribution in [-0.2, 0) is 26.5 Å². The summed E-state index contributed by atoms with van der Waals surface area (Å²) in [4.78, 5) is 25.0. The first kappa shape index (κ1) is 29.4. The lowest BCUT2D eigenvalue weighted by Crippen LogP contribution is -2.41. The Kier molecular flexibility index (Phi) is 6.95. The first-order chi connectivity index (χ1) is 20.2. The second-order valence-corrected chi connectivity index (χ2v) is 13.4. The molecule has 0 spiro atoms. The number of fused-ring (bicyclic) bond motifs is 3. The molecule has 0 amide bonds. The van der Waals surface area contributed by atoms with Crippen LogP contribution in [0.5, 0.6) is 5.88 Å². The molecule has 228 valence electrons. The summed E-state index contributed by atoms with van der Waals surface area (Å²) in [5, 5.41) is 10.4. The molecule has 3 aromatic heterocycles. The molecule has 0 saturated carbocycles. The topological polar surface area (TPSA) is 136 Å². The van der Waals surface area contributed by atoms with Crippen molar-refractivity contribution in [2.24, 2.45) is 5.92 Å². The summed E-state index contributed by atoms with van der Waals surface area (Å²) < 4.78 is 94.1. The van der Waals surface area contributed by atoms with Crippen LogP contribution in [0, 0.1) is 5.92 Å². The third-order valence-corrected chi connectivity index (χ3v) is 9.92. The molecule has 0 unspecified atom stereocenters. The van der Waals surface area contributed by atoms with Crippen molar-refractivity contribution in [1.82, 2.24) is 15.0 Å². The van der Waals surface area contributed by atoms with Gasteiger partial charge in [0.1, 0.15) is 28.9 Å². The number of aliphatic carboxylic acids is 1. The van der Waals surface area contributed by atoms with Crippen molar-refractivity contribution in [1.29, 1.82) is 0 Å². The number of hydrogen-bond acceptors (Lipinski definition) is 9. The third-order valence-electron chi connectivity index (χ3n) is 7.88. The second-order valence-electron chi connectivity index (χ2n) is 10.8. The number of carboxylic acids is 1. The number of rotatable bonds is 5. The van der Waals surface area contributed by atoms with E-state index >= 15 is 4.39 Å². The highest BCUT2D eigenvalue weighted by Gasteiger charge is 2.48. The molecule has 2 fully saturated rings. The number of benzene rings is 1. The molecule has 5 heterocycles. The Morgan fingerprint density at radius 1 is 1.26 bits per heavy atom. The summed E-state index contributed by atoms with van der Waals surface area (Å²) in [7, 11) is -3.46. The molecule has 4 aromatic rings. The van der Waals surface area contributed by atoms with E-state index in [9.17, 15) is 31.5 Å². The maximum absolute atomic E-state index is 16.5.